The monoisotopic (exact) mass is 199 g/mol. The molecule has 0 saturated carbocycles. The van der Waals surface area contributed by atoms with Gasteiger partial charge in [0.1, 0.15) is 0 Å². The molecule has 0 atom stereocenters. The van der Waals surface area contributed by atoms with Crippen molar-refractivity contribution in [1.82, 2.24) is 0 Å². The fourth-order valence-electron chi connectivity index (χ4n) is 0.264. The Hall–Kier alpha value is -0.890. The Morgan fingerprint density at radius 2 is 1.00 bits per heavy atom. The quantitative estimate of drug-likeness (QED) is 0.362. The van der Waals surface area contributed by atoms with Crippen molar-refractivity contribution >= 4 is 0 Å². The van der Waals surface area contributed by atoms with Crippen LogP contribution in [0.15, 0.2) is 5.18 Å². The van der Waals surface area contributed by atoms with Crippen molar-refractivity contribution in [2.75, 3.05) is 0 Å². The van der Waals surface area contributed by atoms with Gasteiger partial charge in [0.05, 0.1) is 0 Å². The molecule has 12 heavy (non-hydrogen) atoms. The van der Waals surface area contributed by atoms with E-state index in [1.165, 1.54) is 0 Å². The molecule has 0 aliphatic heterocycles. The lowest BCUT2D eigenvalue weighted by atomic mass is 10.2. The van der Waals surface area contributed by atoms with E-state index in [1.807, 2.05) is 0 Å². The van der Waals surface area contributed by atoms with Crippen LogP contribution in [-0.4, -0.2) is 18.1 Å². The summed E-state index contributed by atoms with van der Waals surface area (Å²) in [5.41, 5.74) is 0. The zero-order chi connectivity index (χ0) is 10.2. The van der Waals surface area contributed by atoms with Crippen LogP contribution in [0.25, 0.3) is 0 Å². The van der Waals surface area contributed by atoms with E-state index in [4.69, 9.17) is 4.91 Å². The molecule has 0 fully saturated rings. The fourth-order valence-corrected chi connectivity index (χ4v) is 0.264. The lowest BCUT2D eigenvalue weighted by molar-refractivity contribution is -0.338. The lowest BCUT2D eigenvalue weighted by Crippen LogP contribution is -2.51. The van der Waals surface area contributed by atoms with E-state index < -0.39 is 18.1 Å². The summed E-state index contributed by atoms with van der Waals surface area (Å²) in [6, 6.07) is 0. The van der Waals surface area contributed by atoms with Crippen LogP contribution < -0.4 is 0 Å². The first-order valence-electron chi connectivity index (χ1n) is 2.23. The first kappa shape index (κ1) is 11.1. The van der Waals surface area contributed by atoms with Crippen molar-refractivity contribution in [1.29, 1.82) is 0 Å². The van der Waals surface area contributed by atoms with E-state index >= 15 is 0 Å². The third kappa shape index (κ3) is 1.48. The number of hydrogen-bond donors (Lipinski definition) is 0. The van der Waals surface area contributed by atoms with Gasteiger partial charge in [-0.25, -0.2) is 0 Å². The summed E-state index contributed by atoms with van der Waals surface area (Å²) in [6.45, 7) is 0. The van der Waals surface area contributed by atoms with Crippen LogP contribution >= 0.6 is 0 Å². The highest BCUT2D eigenvalue weighted by atomic mass is 19.4. The minimum absolute atomic E-state index is 0.396. The summed E-state index contributed by atoms with van der Waals surface area (Å²) < 4.78 is 79.1. The molecule has 0 aromatic heterocycles. The third-order valence-corrected chi connectivity index (χ3v) is 0.877. The Kier molecular flexibility index (Phi) is 2.37. The highest BCUT2D eigenvalue weighted by molar-refractivity contribution is 4.91. The molecule has 0 saturated heterocycles. The molecule has 0 unspecified atom stereocenters. The molecule has 0 aliphatic rings. The SMILES string of the molecule is O=NC(F)(C(F)(F)F)C(F)(F)F. The van der Waals surface area contributed by atoms with Crippen molar-refractivity contribution in [3.63, 3.8) is 0 Å². The smallest absolute Gasteiger partial charge is 0.193 e. The van der Waals surface area contributed by atoms with Crippen LogP contribution in [0.2, 0.25) is 0 Å². The predicted octanol–water partition coefficient (Wildman–Crippen LogP) is 2.54. The first-order valence-corrected chi connectivity index (χ1v) is 2.23. The Morgan fingerprint density at radius 1 is 0.750 bits per heavy atom. The highest BCUT2D eigenvalue weighted by Gasteiger charge is 2.75. The number of nitroso groups, excluding NO2 is 1. The maximum Gasteiger partial charge on any atom is 0.457 e. The maximum atomic E-state index is 11.8. The summed E-state index contributed by atoms with van der Waals surface area (Å²) in [5.74, 6) is -6.01. The van der Waals surface area contributed by atoms with Crippen molar-refractivity contribution in [2.24, 2.45) is 5.18 Å². The van der Waals surface area contributed by atoms with Gasteiger partial charge in [-0.2, -0.15) is 30.7 Å². The molecule has 0 aromatic rings. The van der Waals surface area contributed by atoms with Gasteiger partial charge in [-0.1, -0.05) is 0 Å². The average molecular weight is 199 g/mol. The number of alkyl halides is 7. The summed E-state index contributed by atoms with van der Waals surface area (Å²) >= 11 is 0. The average Bonchev–Trinajstić information content (AvgIpc) is 1.81. The first-order chi connectivity index (χ1) is 5.06. The molecule has 0 heterocycles. The van der Waals surface area contributed by atoms with Gasteiger partial charge in [-0.3, -0.25) is 0 Å². The minimum atomic E-state index is -6.38. The second-order valence-electron chi connectivity index (χ2n) is 1.71. The minimum Gasteiger partial charge on any atom is -0.193 e. The van der Waals surface area contributed by atoms with E-state index in [9.17, 15) is 30.7 Å². The zero-order valence-electron chi connectivity index (χ0n) is 5.00. The summed E-state index contributed by atoms with van der Waals surface area (Å²) in [4.78, 5) is 9.06. The van der Waals surface area contributed by atoms with Crippen LogP contribution in [0.4, 0.5) is 30.7 Å². The molecule has 0 spiro atoms. The molecule has 2 nitrogen and oxygen atoms in total. The number of rotatable bonds is 1. The van der Waals surface area contributed by atoms with Gasteiger partial charge in [0, 0.05) is 0 Å². The van der Waals surface area contributed by atoms with Gasteiger partial charge >= 0.3 is 18.1 Å². The Labute approximate surface area is 60.3 Å². The molecule has 0 radical (unpaired) electrons. The van der Waals surface area contributed by atoms with Gasteiger partial charge in [-0.05, 0) is 5.18 Å². The van der Waals surface area contributed by atoms with Crippen LogP contribution in [0, 0.1) is 4.91 Å². The lowest BCUT2D eigenvalue weighted by Gasteiger charge is -2.22. The molecule has 9 heteroatoms. The summed E-state index contributed by atoms with van der Waals surface area (Å²) in [7, 11) is 0. The van der Waals surface area contributed by atoms with E-state index in [0.717, 1.165) is 0 Å². The molecule has 0 N–H and O–H groups in total. The molecule has 0 rings (SSSR count). The Morgan fingerprint density at radius 3 is 1.00 bits per heavy atom. The highest BCUT2D eigenvalue weighted by Crippen LogP contribution is 2.46. The normalized spacial score (nSPS) is 14.6. The van der Waals surface area contributed by atoms with E-state index in [0.29, 0.717) is 5.18 Å². The topological polar surface area (TPSA) is 29.4 Å². The molecule has 0 aliphatic carbocycles. The second-order valence-corrected chi connectivity index (χ2v) is 1.71. The van der Waals surface area contributed by atoms with E-state index in [2.05, 4.69) is 0 Å². The van der Waals surface area contributed by atoms with Crippen LogP contribution in [0.5, 0.6) is 0 Å². The van der Waals surface area contributed by atoms with E-state index in [-0.39, 0.29) is 0 Å². The standard InChI is InChI=1S/C3F7NO/c4-1(11-12,2(5,6)7)3(8,9)10. The van der Waals surface area contributed by atoms with Crippen LogP contribution in [-0.2, 0) is 0 Å². The molecule has 72 valence electrons. The number of nitrogens with zero attached hydrogens (tertiary/aromatic N) is 1. The van der Waals surface area contributed by atoms with Gasteiger partial charge in [0.25, 0.3) is 0 Å². The predicted molar refractivity (Wildman–Crippen MR) is 21.7 cm³/mol. The second kappa shape index (κ2) is 2.56. The van der Waals surface area contributed by atoms with Gasteiger partial charge in [-0.15, -0.1) is 4.91 Å². The Balaban J connectivity index is 5.09. The maximum absolute atomic E-state index is 11.8. The van der Waals surface area contributed by atoms with Gasteiger partial charge in [0.15, 0.2) is 0 Å². The fraction of sp³-hybridized carbons (Fsp3) is 1.00. The third-order valence-electron chi connectivity index (χ3n) is 0.877. The Bertz CT molecular complexity index is 166. The van der Waals surface area contributed by atoms with Crippen LogP contribution in [0.3, 0.4) is 0 Å². The zero-order valence-corrected chi connectivity index (χ0v) is 5.00. The molecular weight excluding hydrogens is 199 g/mol. The van der Waals surface area contributed by atoms with Crippen molar-refractivity contribution in [2.45, 2.75) is 18.1 Å². The molecule has 0 amide bonds. The van der Waals surface area contributed by atoms with Crippen molar-refractivity contribution in [3.05, 3.63) is 4.91 Å². The number of hydrogen-bond acceptors (Lipinski definition) is 2. The van der Waals surface area contributed by atoms with Crippen molar-refractivity contribution in [3.8, 4) is 0 Å². The van der Waals surface area contributed by atoms with Gasteiger partial charge in [0.2, 0.25) is 0 Å². The molecular formula is C3F7NO. The van der Waals surface area contributed by atoms with E-state index in [1.54, 1.807) is 0 Å². The summed E-state index contributed by atoms with van der Waals surface area (Å²) in [5, 5.41) is 0.396. The summed E-state index contributed by atoms with van der Waals surface area (Å²) in [6.07, 6.45) is -12.8. The largest absolute Gasteiger partial charge is 0.457 e. The molecule has 0 aromatic carbocycles. The van der Waals surface area contributed by atoms with Crippen molar-refractivity contribution < 1.29 is 30.7 Å². The molecule has 0 bridgehead atoms. The van der Waals surface area contributed by atoms with Crippen LogP contribution in [0.1, 0.15) is 0 Å². The van der Waals surface area contributed by atoms with Gasteiger partial charge < -0.3 is 0 Å². The number of halogens is 7.